The number of nitrogens with two attached hydrogens (primary N) is 1. The van der Waals surface area contributed by atoms with Crippen molar-refractivity contribution in [2.24, 2.45) is 0 Å². The molecule has 0 radical (unpaired) electrons. The molecule has 5 aromatic rings. The van der Waals surface area contributed by atoms with E-state index in [-0.39, 0.29) is 39.4 Å². The van der Waals surface area contributed by atoms with Crippen molar-refractivity contribution in [2.45, 2.75) is 30.8 Å². The number of hydrogen-bond acceptors (Lipinski definition) is 9. The second-order valence-corrected chi connectivity index (χ2v) is 11.6. The Labute approximate surface area is 233 Å². The second-order valence-electron chi connectivity index (χ2n) is 9.28. The van der Waals surface area contributed by atoms with Gasteiger partial charge in [0.05, 0.1) is 22.0 Å². The normalized spacial score (nSPS) is 12.9. The van der Waals surface area contributed by atoms with Crippen molar-refractivity contribution >= 4 is 32.6 Å². The van der Waals surface area contributed by atoms with Crippen molar-refractivity contribution in [3.8, 4) is 16.9 Å². The van der Waals surface area contributed by atoms with E-state index in [0.717, 1.165) is 11.3 Å². The molecule has 0 unspecified atom stereocenters. The molecule has 5 rings (SSSR count). The van der Waals surface area contributed by atoms with Crippen LogP contribution in [-0.4, -0.2) is 56.6 Å². The smallest absolute Gasteiger partial charge is 0.368 e. The number of halogens is 3. The van der Waals surface area contributed by atoms with Crippen LogP contribution in [-0.2, 0) is 9.84 Å². The summed E-state index contributed by atoms with van der Waals surface area (Å²) in [6, 6.07) is 15.5. The lowest BCUT2D eigenvalue weighted by molar-refractivity contribution is -0.115. The van der Waals surface area contributed by atoms with E-state index < -0.39 is 22.6 Å². The Balaban J connectivity index is 1.69. The van der Waals surface area contributed by atoms with Crippen molar-refractivity contribution in [2.75, 3.05) is 23.3 Å². The first kappa shape index (κ1) is 28.0. The zero-order valence-electron chi connectivity index (χ0n) is 22.0. The molecule has 1 atom stereocenters. The second kappa shape index (κ2) is 10.8. The first-order chi connectivity index (χ1) is 19.4. The van der Waals surface area contributed by atoms with E-state index in [1.165, 1.54) is 18.5 Å². The molecule has 2 aromatic carbocycles. The third-order valence-electron chi connectivity index (χ3n) is 6.57. The summed E-state index contributed by atoms with van der Waals surface area (Å²) in [5, 5.41) is 6.42. The summed E-state index contributed by atoms with van der Waals surface area (Å²) >= 11 is 0. The Kier molecular flexibility index (Phi) is 7.34. The number of benzene rings is 2. The molecule has 0 saturated heterocycles. The van der Waals surface area contributed by atoms with Crippen LogP contribution < -0.4 is 11.1 Å². The summed E-state index contributed by atoms with van der Waals surface area (Å²) in [5.74, 6) is -0.814. The monoisotopic (exact) mass is 582 g/mol. The number of aromatic nitrogens is 6. The van der Waals surface area contributed by atoms with E-state index in [1.54, 1.807) is 36.1 Å². The highest BCUT2D eigenvalue weighted by atomic mass is 32.2. The zero-order valence-corrected chi connectivity index (χ0v) is 22.8. The van der Waals surface area contributed by atoms with E-state index in [2.05, 4.69) is 30.4 Å². The molecule has 0 fully saturated rings. The van der Waals surface area contributed by atoms with E-state index >= 15 is 0 Å². The molecule has 10 nitrogen and oxygen atoms in total. The van der Waals surface area contributed by atoms with Gasteiger partial charge in [0, 0.05) is 11.5 Å². The third kappa shape index (κ3) is 5.96. The fourth-order valence-corrected chi connectivity index (χ4v) is 5.31. The predicted molar refractivity (Wildman–Crippen MR) is 148 cm³/mol. The summed E-state index contributed by atoms with van der Waals surface area (Å²) in [6.45, 7) is 2.11. The van der Waals surface area contributed by atoms with Gasteiger partial charge in [-0.1, -0.05) is 38.1 Å². The highest BCUT2D eigenvalue weighted by molar-refractivity contribution is 7.91. The molecular formula is C27H25F3N8O2S. The van der Waals surface area contributed by atoms with Gasteiger partial charge in [-0.05, 0) is 41.5 Å². The summed E-state index contributed by atoms with van der Waals surface area (Å²) in [6.07, 6.45) is -1.52. The topological polar surface area (TPSA) is 142 Å². The van der Waals surface area contributed by atoms with Crippen LogP contribution in [0.5, 0.6) is 0 Å². The van der Waals surface area contributed by atoms with Gasteiger partial charge in [0.1, 0.15) is 30.2 Å². The minimum absolute atomic E-state index is 0.0748. The zero-order chi connectivity index (χ0) is 29.4. The molecule has 3 aromatic heterocycles. The maximum absolute atomic E-state index is 13.1. The van der Waals surface area contributed by atoms with Crippen molar-refractivity contribution in [3.63, 3.8) is 0 Å². The van der Waals surface area contributed by atoms with Crippen molar-refractivity contribution in [1.29, 1.82) is 0 Å². The van der Waals surface area contributed by atoms with Crippen molar-refractivity contribution in [3.05, 3.63) is 78.4 Å². The van der Waals surface area contributed by atoms with Crippen LogP contribution in [0.4, 0.5) is 24.9 Å². The van der Waals surface area contributed by atoms with E-state index in [0.29, 0.717) is 16.8 Å². The quantitative estimate of drug-likeness (QED) is 0.264. The Morgan fingerprint density at radius 3 is 2.44 bits per heavy atom. The average Bonchev–Trinajstić information content (AvgIpc) is 3.50. The van der Waals surface area contributed by atoms with E-state index in [4.69, 9.17) is 5.73 Å². The molecule has 3 heterocycles. The number of rotatable bonds is 8. The fourth-order valence-electron chi connectivity index (χ4n) is 4.39. The minimum atomic E-state index is -4.52. The van der Waals surface area contributed by atoms with Gasteiger partial charge in [0.2, 0.25) is 5.95 Å². The van der Waals surface area contributed by atoms with E-state index in [9.17, 15) is 21.6 Å². The lowest BCUT2D eigenvalue weighted by Gasteiger charge is -2.19. The largest absolute Gasteiger partial charge is 0.405 e. The van der Waals surface area contributed by atoms with Crippen LogP contribution in [0.25, 0.3) is 28.0 Å². The molecule has 212 valence electrons. The minimum Gasteiger partial charge on any atom is -0.368 e. The number of hydrogen-bond donors (Lipinski definition) is 2. The Bertz CT molecular complexity index is 1810. The number of nitrogens with zero attached hydrogens (tertiary/aromatic N) is 6. The van der Waals surface area contributed by atoms with Crippen molar-refractivity contribution in [1.82, 2.24) is 29.7 Å². The Morgan fingerprint density at radius 2 is 1.78 bits per heavy atom. The summed E-state index contributed by atoms with van der Waals surface area (Å²) in [4.78, 5) is 17.0. The first-order valence-corrected chi connectivity index (χ1v) is 14.2. The maximum atomic E-state index is 13.1. The molecule has 0 spiro atoms. The van der Waals surface area contributed by atoms with Crippen LogP contribution in [0.1, 0.15) is 30.9 Å². The number of pyridine rings is 1. The molecule has 41 heavy (non-hydrogen) atoms. The van der Waals surface area contributed by atoms with Gasteiger partial charge in [-0.2, -0.15) is 23.3 Å². The molecule has 0 saturated carbocycles. The first-order valence-electron chi connectivity index (χ1n) is 12.5. The molecular weight excluding hydrogens is 557 g/mol. The van der Waals surface area contributed by atoms with Gasteiger partial charge in [-0.3, -0.25) is 0 Å². The van der Waals surface area contributed by atoms with Crippen LogP contribution >= 0.6 is 0 Å². The van der Waals surface area contributed by atoms with Gasteiger partial charge in [0.15, 0.2) is 15.7 Å². The number of nitrogen functional groups attached to an aromatic ring is 1. The number of fused-ring (bicyclic) bond motifs is 1. The van der Waals surface area contributed by atoms with Crippen molar-refractivity contribution < 1.29 is 21.6 Å². The lowest BCUT2D eigenvalue weighted by atomic mass is 9.91. The van der Waals surface area contributed by atoms with Gasteiger partial charge < -0.3 is 11.1 Å². The molecule has 0 aliphatic heterocycles. The van der Waals surface area contributed by atoms with Crippen LogP contribution in [0.3, 0.4) is 0 Å². The van der Waals surface area contributed by atoms with Crippen LogP contribution in [0.2, 0.25) is 0 Å². The average molecular weight is 583 g/mol. The van der Waals surface area contributed by atoms with Crippen LogP contribution in [0, 0.1) is 0 Å². The number of anilines is 2. The highest BCUT2D eigenvalue weighted by Gasteiger charge is 2.28. The Morgan fingerprint density at radius 1 is 1.02 bits per heavy atom. The van der Waals surface area contributed by atoms with Gasteiger partial charge in [-0.25, -0.2) is 28.1 Å². The summed E-state index contributed by atoms with van der Waals surface area (Å²) in [5.41, 5.74) is 9.36. The molecule has 0 aliphatic rings. The van der Waals surface area contributed by atoms with Gasteiger partial charge in [0.25, 0.3) is 0 Å². The number of alkyl halides is 3. The third-order valence-corrected chi connectivity index (χ3v) is 8.30. The highest BCUT2D eigenvalue weighted by Crippen LogP contribution is 2.35. The fraction of sp³-hybridized carbons (Fsp3) is 0.222. The number of sulfone groups is 1. The Hall–Kier alpha value is -4.59. The van der Waals surface area contributed by atoms with Gasteiger partial charge in [-0.15, -0.1) is 0 Å². The number of nitrogens with one attached hydrogen (secondary N) is 1. The molecule has 0 aliphatic carbocycles. The summed E-state index contributed by atoms with van der Waals surface area (Å²) < 4.78 is 66.1. The molecule has 0 amide bonds. The maximum Gasteiger partial charge on any atom is 0.405 e. The summed E-state index contributed by atoms with van der Waals surface area (Å²) in [7, 11) is -3.52. The molecule has 3 N–H and O–H groups in total. The predicted octanol–water partition coefficient (Wildman–Crippen LogP) is 4.77. The van der Waals surface area contributed by atoms with E-state index in [1.807, 2.05) is 31.2 Å². The molecule has 14 heteroatoms. The van der Waals surface area contributed by atoms with Gasteiger partial charge >= 0.3 is 6.18 Å². The van der Waals surface area contributed by atoms with Crippen LogP contribution in [0.15, 0.2) is 72.1 Å². The SMILES string of the molecule is CCS(=O)(=O)c1cccc(-c2cc([C@H](C)c3ccc(-n4cncn4)cc3)c3nc(N)nc(NCC(F)(F)F)c3n2)c1. The lowest BCUT2D eigenvalue weighted by Crippen LogP contribution is -2.22. The standard InChI is InChI=1S/C27H25F3N8O2S/c1-3-41(39,40)20-6-4-5-18(11-20)22-12-21(16(2)17-7-9-19(10-8-17)38-15-32-14-34-38)23-24(35-22)25(37-26(31)36-23)33-13-27(28,29)30/h4-12,14-16H,3,13H2,1-2H3,(H3,31,33,36,37)/t16-/m1/s1. The molecule has 0 bridgehead atoms.